The minimum atomic E-state index is -0.483. The Morgan fingerprint density at radius 2 is 1.55 bits per heavy atom. The van der Waals surface area contributed by atoms with E-state index in [9.17, 15) is 19.7 Å². The molecule has 4 rings (SSSR count). The fourth-order valence-electron chi connectivity index (χ4n) is 4.05. The second kappa shape index (κ2) is 7.96. The molecule has 0 atom stereocenters. The van der Waals surface area contributed by atoms with Gasteiger partial charge in [0, 0.05) is 38.3 Å². The first kappa shape index (κ1) is 20.7. The molecule has 2 aliphatic heterocycles. The Balaban J connectivity index is 1.83. The molecule has 0 bridgehead atoms. The van der Waals surface area contributed by atoms with E-state index in [0.717, 1.165) is 24.2 Å². The lowest BCUT2D eigenvalue weighted by Gasteiger charge is -2.34. The summed E-state index contributed by atoms with van der Waals surface area (Å²) in [6.45, 7) is 6.65. The maximum absolute atomic E-state index is 13.6. The van der Waals surface area contributed by atoms with Crippen molar-refractivity contribution >= 4 is 28.8 Å². The van der Waals surface area contributed by atoms with Crippen molar-refractivity contribution < 1.29 is 14.5 Å². The van der Waals surface area contributed by atoms with Gasteiger partial charge in [0.25, 0.3) is 17.5 Å². The molecule has 2 heterocycles. The van der Waals surface area contributed by atoms with Crippen LogP contribution in [0.1, 0.15) is 16.7 Å². The van der Waals surface area contributed by atoms with Gasteiger partial charge in [0.15, 0.2) is 0 Å². The number of carbonyl (C=O) groups is 2. The van der Waals surface area contributed by atoms with Crippen molar-refractivity contribution in [1.82, 2.24) is 9.80 Å². The Morgan fingerprint density at radius 1 is 0.903 bits per heavy atom. The highest BCUT2D eigenvalue weighted by Gasteiger charge is 2.43. The number of nitro groups is 1. The molecule has 31 heavy (non-hydrogen) atoms. The summed E-state index contributed by atoms with van der Waals surface area (Å²) in [7, 11) is 2.02. The van der Waals surface area contributed by atoms with Gasteiger partial charge in [-0.15, -0.1) is 0 Å². The summed E-state index contributed by atoms with van der Waals surface area (Å²) in [4.78, 5) is 43.1. The molecule has 0 saturated carbocycles. The van der Waals surface area contributed by atoms with E-state index in [-0.39, 0.29) is 11.6 Å². The van der Waals surface area contributed by atoms with E-state index in [1.807, 2.05) is 37.9 Å². The van der Waals surface area contributed by atoms with Crippen molar-refractivity contribution in [3.63, 3.8) is 0 Å². The molecule has 2 aromatic rings. The lowest BCUT2D eigenvalue weighted by molar-refractivity contribution is -0.384. The summed E-state index contributed by atoms with van der Waals surface area (Å²) in [5.74, 6) is -0.752. The second-order valence-electron chi connectivity index (χ2n) is 7.98. The molecule has 8 heteroatoms. The minimum absolute atomic E-state index is 0.0614. The van der Waals surface area contributed by atoms with Crippen molar-refractivity contribution in [2.24, 2.45) is 0 Å². The van der Waals surface area contributed by atoms with Crippen LogP contribution in [0.2, 0.25) is 0 Å². The standard InChI is InChI=1S/C23H24N4O4/c1-15-5-4-6-19(16(15)2)26-22(28)20(17-7-9-18(10-8-17)27(30)31)21(23(26)29)25-13-11-24(3)12-14-25/h4-10H,11-14H2,1-3H3. The number of benzene rings is 2. The Bertz CT molecular complexity index is 1100. The van der Waals surface area contributed by atoms with Crippen LogP contribution in [0.15, 0.2) is 48.2 Å². The number of nitro benzene ring substituents is 1. The van der Waals surface area contributed by atoms with Gasteiger partial charge in [-0.1, -0.05) is 12.1 Å². The van der Waals surface area contributed by atoms with Crippen molar-refractivity contribution in [2.75, 3.05) is 38.1 Å². The molecule has 0 radical (unpaired) electrons. The smallest absolute Gasteiger partial charge is 0.282 e. The van der Waals surface area contributed by atoms with Crippen molar-refractivity contribution in [3.8, 4) is 0 Å². The molecule has 0 N–H and O–H groups in total. The van der Waals surface area contributed by atoms with Crippen molar-refractivity contribution in [2.45, 2.75) is 13.8 Å². The van der Waals surface area contributed by atoms with Crippen LogP contribution in [-0.2, 0) is 9.59 Å². The number of rotatable bonds is 4. The molecular formula is C23H24N4O4. The van der Waals surface area contributed by atoms with Gasteiger partial charge in [-0.05, 0) is 55.8 Å². The van der Waals surface area contributed by atoms with Crippen LogP contribution in [0.4, 0.5) is 11.4 Å². The van der Waals surface area contributed by atoms with Crippen molar-refractivity contribution in [3.05, 3.63) is 75.0 Å². The predicted octanol–water partition coefficient (Wildman–Crippen LogP) is 2.74. The van der Waals surface area contributed by atoms with E-state index < -0.39 is 10.8 Å². The van der Waals surface area contributed by atoms with Crippen LogP contribution >= 0.6 is 0 Å². The van der Waals surface area contributed by atoms with Crippen LogP contribution in [0.5, 0.6) is 0 Å². The number of aryl methyl sites for hydroxylation is 1. The summed E-state index contributed by atoms with van der Waals surface area (Å²) in [6, 6.07) is 11.4. The fourth-order valence-corrected chi connectivity index (χ4v) is 4.05. The third-order valence-corrected chi connectivity index (χ3v) is 6.06. The third kappa shape index (κ3) is 3.59. The fraction of sp³-hybridized carbons (Fsp3) is 0.304. The van der Waals surface area contributed by atoms with Crippen LogP contribution < -0.4 is 4.90 Å². The van der Waals surface area contributed by atoms with Gasteiger partial charge < -0.3 is 9.80 Å². The molecule has 0 aromatic heterocycles. The van der Waals surface area contributed by atoms with Crippen LogP contribution in [0, 0.1) is 24.0 Å². The first-order valence-corrected chi connectivity index (χ1v) is 10.2. The number of carbonyl (C=O) groups excluding carboxylic acids is 2. The third-order valence-electron chi connectivity index (χ3n) is 6.06. The number of anilines is 1. The molecule has 0 aliphatic carbocycles. The number of amides is 2. The van der Waals surface area contributed by atoms with Gasteiger partial charge in [0.2, 0.25) is 0 Å². The van der Waals surface area contributed by atoms with Crippen LogP contribution in [0.3, 0.4) is 0 Å². The number of piperazine rings is 1. The normalized spacial score (nSPS) is 17.6. The van der Waals surface area contributed by atoms with Gasteiger partial charge in [0.1, 0.15) is 5.70 Å². The summed E-state index contributed by atoms with van der Waals surface area (Å²) >= 11 is 0. The van der Waals surface area contributed by atoms with E-state index in [1.54, 1.807) is 18.2 Å². The molecule has 8 nitrogen and oxygen atoms in total. The highest BCUT2D eigenvalue weighted by Crippen LogP contribution is 2.37. The van der Waals surface area contributed by atoms with E-state index in [0.29, 0.717) is 35.6 Å². The SMILES string of the molecule is Cc1cccc(N2C(=O)C(c3ccc([N+](=O)[O-])cc3)=C(N3CCN(C)CC3)C2=O)c1C. The highest BCUT2D eigenvalue weighted by atomic mass is 16.6. The average molecular weight is 420 g/mol. The Hall–Kier alpha value is -3.52. The first-order valence-electron chi connectivity index (χ1n) is 10.2. The Morgan fingerprint density at radius 3 is 2.16 bits per heavy atom. The molecule has 0 spiro atoms. The number of likely N-dealkylation sites (N-methyl/N-ethyl adjacent to an activating group) is 1. The largest absolute Gasteiger partial charge is 0.364 e. The first-order chi connectivity index (χ1) is 14.8. The van der Waals surface area contributed by atoms with E-state index >= 15 is 0 Å². The van der Waals surface area contributed by atoms with Gasteiger partial charge in [0.05, 0.1) is 16.2 Å². The van der Waals surface area contributed by atoms with Crippen LogP contribution in [0.25, 0.3) is 5.57 Å². The molecule has 2 aliphatic rings. The number of non-ortho nitro benzene ring substituents is 1. The summed E-state index contributed by atoms with van der Waals surface area (Å²) in [5.41, 5.74) is 3.53. The molecule has 2 aromatic carbocycles. The molecule has 0 unspecified atom stereocenters. The van der Waals surface area contributed by atoms with Gasteiger partial charge in [-0.2, -0.15) is 0 Å². The number of imide groups is 1. The molecule has 1 fully saturated rings. The van der Waals surface area contributed by atoms with Gasteiger partial charge in [-0.25, -0.2) is 4.90 Å². The zero-order chi connectivity index (χ0) is 22.3. The van der Waals surface area contributed by atoms with Gasteiger partial charge >= 0.3 is 0 Å². The molecule has 1 saturated heterocycles. The van der Waals surface area contributed by atoms with Crippen molar-refractivity contribution in [1.29, 1.82) is 0 Å². The lowest BCUT2D eigenvalue weighted by Crippen LogP contribution is -2.46. The highest BCUT2D eigenvalue weighted by molar-refractivity contribution is 6.45. The minimum Gasteiger partial charge on any atom is -0.364 e. The zero-order valence-electron chi connectivity index (χ0n) is 17.8. The quantitative estimate of drug-likeness (QED) is 0.429. The van der Waals surface area contributed by atoms with Crippen LogP contribution in [-0.4, -0.2) is 59.8 Å². The summed E-state index contributed by atoms with van der Waals surface area (Å²) in [6.07, 6.45) is 0. The average Bonchev–Trinajstić information content (AvgIpc) is 3.01. The maximum atomic E-state index is 13.6. The Kier molecular flexibility index (Phi) is 5.32. The van der Waals surface area contributed by atoms with E-state index in [4.69, 9.17) is 0 Å². The number of hydrogen-bond acceptors (Lipinski definition) is 6. The van der Waals surface area contributed by atoms with E-state index in [2.05, 4.69) is 4.90 Å². The zero-order valence-corrected chi connectivity index (χ0v) is 17.8. The molecule has 2 amide bonds. The van der Waals surface area contributed by atoms with E-state index in [1.165, 1.54) is 17.0 Å². The second-order valence-corrected chi connectivity index (χ2v) is 7.98. The lowest BCUT2D eigenvalue weighted by atomic mass is 10.0. The summed E-state index contributed by atoms with van der Waals surface area (Å²) in [5, 5.41) is 11.1. The summed E-state index contributed by atoms with van der Waals surface area (Å²) < 4.78 is 0. The number of nitrogens with zero attached hydrogens (tertiary/aromatic N) is 4. The monoisotopic (exact) mass is 420 g/mol. The molecular weight excluding hydrogens is 396 g/mol. The Labute approximate surface area is 180 Å². The maximum Gasteiger partial charge on any atom is 0.282 e. The topological polar surface area (TPSA) is 87.0 Å². The molecule has 160 valence electrons. The predicted molar refractivity (Wildman–Crippen MR) is 117 cm³/mol. The number of hydrogen-bond donors (Lipinski definition) is 0. The van der Waals surface area contributed by atoms with Gasteiger partial charge in [-0.3, -0.25) is 19.7 Å².